The minimum absolute atomic E-state index is 0.000647. The maximum absolute atomic E-state index is 14.6. The quantitative estimate of drug-likeness (QED) is 0.106. The molecule has 16 heteroatoms. The smallest absolute Gasteiger partial charge is 0.407 e. The highest BCUT2D eigenvalue weighted by Gasteiger charge is 2.50. The summed E-state index contributed by atoms with van der Waals surface area (Å²) in [7, 11) is 5.74. The van der Waals surface area contributed by atoms with Crippen LogP contribution in [-0.4, -0.2) is 119 Å². The number of rotatable bonds is 12. The first kappa shape index (κ1) is 52.6. The lowest BCUT2D eigenvalue weighted by Crippen LogP contribution is -2.56. The van der Waals surface area contributed by atoms with Gasteiger partial charge in [0.25, 0.3) is 5.91 Å². The van der Waals surface area contributed by atoms with Crippen LogP contribution in [0.3, 0.4) is 0 Å². The van der Waals surface area contributed by atoms with Gasteiger partial charge in [0.05, 0.1) is 60.2 Å². The van der Waals surface area contributed by atoms with E-state index in [1.807, 2.05) is 16.7 Å². The van der Waals surface area contributed by atoms with Gasteiger partial charge in [-0.15, -0.1) is 0 Å². The van der Waals surface area contributed by atoms with E-state index in [1.165, 1.54) is 89.6 Å². The number of fused-ring (bicyclic) bond motifs is 4. The minimum Gasteiger partial charge on any atom is -0.453 e. The van der Waals surface area contributed by atoms with Gasteiger partial charge in [-0.3, -0.25) is 9.59 Å². The molecule has 76 heavy (non-hydrogen) atoms. The third kappa shape index (κ3) is 10.3. The molecule has 4 N–H and O–H groups in total. The Balaban J connectivity index is 0.806. The molecule has 8 saturated carbocycles. The van der Waals surface area contributed by atoms with E-state index in [1.54, 1.807) is 21.1 Å². The largest absolute Gasteiger partial charge is 0.453 e. The van der Waals surface area contributed by atoms with Crippen LogP contribution in [0.2, 0.25) is 0 Å². The molecule has 14 rings (SSSR count). The van der Waals surface area contributed by atoms with Crippen molar-refractivity contribution in [3.63, 3.8) is 0 Å². The van der Waals surface area contributed by atoms with E-state index in [9.17, 15) is 19.2 Å². The summed E-state index contributed by atoms with van der Waals surface area (Å²) < 4.78 is 21.1. The van der Waals surface area contributed by atoms with Gasteiger partial charge in [-0.25, -0.2) is 19.6 Å². The number of aromatic amines is 2. The Morgan fingerprint density at radius 2 is 1.12 bits per heavy atom. The lowest BCUT2D eigenvalue weighted by Gasteiger charge is -2.42. The summed E-state index contributed by atoms with van der Waals surface area (Å²) in [5.74, 6) is 5.36. The summed E-state index contributed by atoms with van der Waals surface area (Å²) in [6.45, 7) is 3.61. The van der Waals surface area contributed by atoms with Crippen molar-refractivity contribution in [3.8, 4) is 0 Å². The van der Waals surface area contributed by atoms with Gasteiger partial charge in [0, 0.05) is 32.2 Å². The number of methoxy groups -OCH3 is 4. The summed E-state index contributed by atoms with van der Waals surface area (Å²) >= 11 is 0. The molecule has 2 aromatic carbocycles. The normalized spacial score (nSPS) is 31.1. The maximum atomic E-state index is 14.6. The van der Waals surface area contributed by atoms with Gasteiger partial charge in [-0.1, -0.05) is 69.6 Å². The summed E-state index contributed by atoms with van der Waals surface area (Å²) in [6, 6.07) is 11.9. The zero-order valence-electron chi connectivity index (χ0n) is 45.7. The summed E-state index contributed by atoms with van der Waals surface area (Å²) in [6.07, 6.45) is 21.5. The molecule has 16 nitrogen and oxygen atoms in total. The third-order valence-corrected chi connectivity index (χ3v) is 20.0. The van der Waals surface area contributed by atoms with E-state index >= 15 is 0 Å². The van der Waals surface area contributed by atoms with Gasteiger partial charge in [0.15, 0.2) is 5.82 Å². The average molecular weight is 1040 g/mol. The highest BCUT2D eigenvalue weighted by atomic mass is 16.5. The lowest BCUT2D eigenvalue weighted by molar-refractivity contribution is -0.140. The van der Waals surface area contributed by atoms with E-state index in [-0.39, 0.29) is 35.9 Å². The van der Waals surface area contributed by atoms with Crippen molar-refractivity contribution in [1.82, 2.24) is 40.4 Å². The molecule has 4 bridgehead atoms. The average Bonchev–Trinajstić information content (AvgIpc) is 4.30. The number of ether oxygens (including phenoxy) is 4. The van der Waals surface area contributed by atoms with Crippen LogP contribution < -0.4 is 10.6 Å². The summed E-state index contributed by atoms with van der Waals surface area (Å²) in [4.78, 5) is 75.9. The molecule has 2 unspecified atom stereocenters. The monoisotopic (exact) mass is 1040 g/mol. The third-order valence-electron chi connectivity index (χ3n) is 20.0. The molecule has 4 amide bonds. The van der Waals surface area contributed by atoms with E-state index < -0.39 is 36.5 Å². The van der Waals surface area contributed by atoms with Gasteiger partial charge in [-0.05, 0) is 161 Å². The molecule has 15 atom stereocenters. The Labute approximate surface area is 447 Å². The Morgan fingerprint density at radius 3 is 1.70 bits per heavy atom. The number of amides is 4. The van der Waals surface area contributed by atoms with Gasteiger partial charge in [-0.2, -0.15) is 0 Å². The van der Waals surface area contributed by atoms with Crippen LogP contribution in [-0.2, 0) is 28.5 Å². The molecule has 2 aromatic heterocycles. The molecule has 4 heterocycles. The number of aromatic nitrogens is 4. The van der Waals surface area contributed by atoms with Crippen molar-refractivity contribution in [3.05, 3.63) is 65.2 Å². The molecule has 410 valence electrons. The van der Waals surface area contributed by atoms with Crippen LogP contribution in [0, 0.1) is 35.5 Å². The van der Waals surface area contributed by atoms with E-state index in [4.69, 9.17) is 28.9 Å². The Hall–Kier alpha value is -5.48. The van der Waals surface area contributed by atoms with Crippen LogP contribution in [0.25, 0.3) is 27.8 Å². The van der Waals surface area contributed by atoms with Crippen molar-refractivity contribution >= 4 is 51.8 Å². The summed E-state index contributed by atoms with van der Waals surface area (Å²) in [5, 5.41) is 5.55. The number of benzene rings is 2. The predicted octanol–water partition coefficient (Wildman–Crippen LogP) is 10.8. The van der Waals surface area contributed by atoms with Crippen LogP contribution in [0.5, 0.6) is 0 Å². The van der Waals surface area contributed by atoms with Crippen molar-refractivity contribution in [1.29, 1.82) is 0 Å². The number of imidazole rings is 2. The molecular weight excluding hydrogens is 961 g/mol. The predicted molar refractivity (Wildman–Crippen MR) is 290 cm³/mol. The number of carbonyl (C=O) groups excluding carboxylic acids is 4. The molecule has 4 aromatic rings. The second-order valence-electron chi connectivity index (χ2n) is 24.0. The van der Waals surface area contributed by atoms with Crippen LogP contribution in [0.15, 0.2) is 42.5 Å². The first-order valence-electron chi connectivity index (χ1n) is 29.0. The Kier molecular flexibility index (Phi) is 15.5. The van der Waals surface area contributed by atoms with Crippen molar-refractivity contribution in [2.75, 3.05) is 28.4 Å². The zero-order chi connectivity index (χ0) is 52.8. The van der Waals surface area contributed by atoms with Gasteiger partial charge in [0.2, 0.25) is 5.91 Å². The number of alkyl carbamates (subject to hydrolysis) is 2. The SMILES string of the molecule is COC(=O)N[C@H](C(=O)N1C(c2nc3ccc(C4C[C@H]5CC[C@@H]4CC[C@@H]4CC[C@H](CC5)C(c5ccc6nc([C@@H]7C[C@@H]8CCCC[C@@H]8N7C(=O)[C@@H](NC(=O)OC)[C@@H](C)OC)[nH]c6c5)C4)cc3[nH]2)=C[C@@H]2CCCC[C@@H]21)[C@@H](C)OC. The lowest BCUT2D eigenvalue weighted by atomic mass is 9.63. The van der Waals surface area contributed by atoms with Crippen LogP contribution in [0.1, 0.15) is 176 Å². The standard InChI is InChI=1S/C60H82N8O8/c1-33(73-3)53(65-59(71)75-5)57(69)67-49-13-9-7-11-41(49)31-51(67)55-61-45-25-23-39(29-47(45)63-55)43-27-35-15-19-37(43)21-17-36-16-20-38(22-18-35)44(28-36)40-24-26-46-48(30-40)64-56(62-46)52-32-42-12-8-10-14-50(42)68(52)58(70)54(34(2)74-4)66-60(72)76-6/h23-26,29-31,33-38,41-44,49-50,52-54H,7-22,27-28,32H2,1-6H3,(H,61,63)(H,62,64)(H,65,71)(H,66,72)/t33-,34-,35+,36+,37-,38-,41+,42+,43?,44?,49+,50+,52+,53+,54+/m1/s1. The zero-order valence-corrected chi connectivity index (χ0v) is 45.7. The van der Waals surface area contributed by atoms with Crippen molar-refractivity contribution < 1.29 is 38.1 Å². The molecular formula is C60H82N8O8. The molecule has 2 aliphatic heterocycles. The second-order valence-corrected chi connectivity index (χ2v) is 24.0. The number of likely N-dealkylation sites (tertiary alicyclic amines) is 1. The van der Waals surface area contributed by atoms with E-state index in [2.05, 4.69) is 63.1 Å². The maximum Gasteiger partial charge on any atom is 0.407 e. The highest BCUT2D eigenvalue weighted by molar-refractivity contribution is 5.94. The first-order chi connectivity index (χ1) is 36.9. The Morgan fingerprint density at radius 1 is 0.592 bits per heavy atom. The molecule has 8 aliphatic carbocycles. The number of carbonyl (C=O) groups is 4. The minimum atomic E-state index is -0.917. The topological polar surface area (TPSA) is 193 Å². The number of hydrogen-bond donors (Lipinski definition) is 4. The van der Waals surface area contributed by atoms with Gasteiger partial charge in [0.1, 0.15) is 17.9 Å². The number of nitrogens with zero attached hydrogens (tertiary/aromatic N) is 4. The molecule has 1 saturated heterocycles. The Bertz CT molecular complexity index is 2790. The van der Waals surface area contributed by atoms with Gasteiger partial charge < -0.3 is 49.3 Å². The number of nitrogens with one attached hydrogen (secondary N) is 4. The molecule has 0 radical (unpaired) electrons. The van der Waals surface area contributed by atoms with Crippen molar-refractivity contribution in [2.45, 2.75) is 190 Å². The van der Waals surface area contributed by atoms with Gasteiger partial charge >= 0.3 is 12.2 Å². The number of H-pyrrole nitrogens is 2. The molecule has 9 fully saturated rings. The van der Waals surface area contributed by atoms with Crippen LogP contribution in [0.4, 0.5) is 9.59 Å². The number of hydrogen-bond acceptors (Lipinski definition) is 10. The first-order valence-corrected chi connectivity index (χ1v) is 29.0. The fraction of sp³-hybridized carbons (Fsp3) is 0.667. The fourth-order valence-corrected chi connectivity index (χ4v) is 15.7. The van der Waals surface area contributed by atoms with Crippen molar-refractivity contribution in [2.24, 2.45) is 35.5 Å². The van der Waals surface area contributed by atoms with E-state index in [0.29, 0.717) is 47.2 Å². The van der Waals surface area contributed by atoms with Crippen LogP contribution >= 0.6 is 0 Å². The highest BCUT2D eigenvalue weighted by Crippen LogP contribution is 2.52. The molecule has 10 aliphatic rings. The van der Waals surface area contributed by atoms with E-state index in [0.717, 1.165) is 91.4 Å². The summed E-state index contributed by atoms with van der Waals surface area (Å²) in [5.41, 5.74) is 7.46. The fourth-order valence-electron chi connectivity index (χ4n) is 15.7. The molecule has 0 spiro atoms. The second kappa shape index (κ2) is 22.5.